The average Bonchev–Trinajstić information content (AvgIpc) is 2.96. The minimum Gasteiger partial charge on any atom is -0.380 e. The molecular weight excluding hydrogens is 228 g/mol. The fraction of sp³-hybridized carbons (Fsp3) is 0.444. The molecule has 2 heterocycles. The first kappa shape index (κ1) is 11.2. The summed E-state index contributed by atoms with van der Waals surface area (Å²) in [5, 5.41) is 5.71. The van der Waals surface area contributed by atoms with Crippen LogP contribution in [0.2, 0.25) is 0 Å². The van der Waals surface area contributed by atoms with Crippen molar-refractivity contribution in [3.05, 3.63) is 16.8 Å². The molecule has 0 saturated heterocycles. The van der Waals surface area contributed by atoms with Gasteiger partial charge in [-0.1, -0.05) is 5.16 Å². The zero-order valence-electron chi connectivity index (χ0n) is 8.79. The van der Waals surface area contributed by atoms with Gasteiger partial charge in [0.1, 0.15) is 5.69 Å². The van der Waals surface area contributed by atoms with E-state index < -0.39 is 0 Å². The van der Waals surface area contributed by atoms with Gasteiger partial charge in [0.05, 0.1) is 18.0 Å². The quantitative estimate of drug-likeness (QED) is 0.828. The first-order valence-electron chi connectivity index (χ1n) is 4.77. The highest BCUT2D eigenvalue weighted by Crippen LogP contribution is 2.15. The number of ether oxygens (including phenoxy) is 1. The number of nitrogens with two attached hydrogens (primary N) is 1. The molecule has 1 unspecified atom stereocenters. The van der Waals surface area contributed by atoms with Crippen molar-refractivity contribution in [2.45, 2.75) is 12.5 Å². The number of hydrogen-bond donors (Lipinski definition) is 1. The van der Waals surface area contributed by atoms with E-state index in [1.807, 2.05) is 5.38 Å². The number of methoxy groups -OCH3 is 1. The number of aromatic nitrogens is 3. The van der Waals surface area contributed by atoms with Crippen LogP contribution in [0.15, 0.2) is 15.4 Å². The first-order valence-corrected chi connectivity index (χ1v) is 5.71. The molecule has 0 aliphatic heterocycles. The van der Waals surface area contributed by atoms with Crippen LogP contribution in [0, 0.1) is 0 Å². The zero-order chi connectivity index (χ0) is 11.4. The van der Waals surface area contributed by atoms with Gasteiger partial charge in [0.2, 0.25) is 11.7 Å². The Kier molecular flexibility index (Phi) is 3.60. The molecule has 0 aromatic carbocycles. The van der Waals surface area contributed by atoms with Crippen LogP contribution in [-0.2, 0) is 11.2 Å². The Labute approximate surface area is 96.4 Å². The van der Waals surface area contributed by atoms with Gasteiger partial charge in [0, 0.05) is 19.0 Å². The van der Waals surface area contributed by atoms with Crippen molar-refractivity contribution in [3.8, 4) is 11.5 Å². The Morgan fingerprint density at radius 2 is 2.50 bits per heavy atom. The Morgan fingerprint density at radius 1 is 1.62 bits per heavy atom. The highest BCUT2D eigenvalue weighted by Gasteiger charge is 2.14. The summed E-state index contributed by atoms with van der Waals surface area (Å²) in [6.45, 7) is 0.422. The van der Waals surface area contributed by atoms with Gasteiger partial charge in [-0.05, 0) is 0 Å². The molecular formula is C9H12N4O2S. The van der Waals surface area contributed by atoms with Crippen LogP contribution in [0.4, 0.5) is 0 Å². The van der Waals surface area contributed by atoms with Gasteiger partial charge in [0.25, 0.3) is 0 Å². The lowest BCUT2D eigenvalue weighted by atomic mass is 10.2. The molecule has 0 aliphatic rings. The molecule has 0 radical (unpaired) electrons. The molecule has 2 aromatic rings. The molecule has 2 N–H and O–H groups in total. The average molecular weight is 240 g/mol. The van der Waals surface area contributed by atoms with E-state index in [0.717, 1.165) is 5.69 Å². The standard InChI is InChI=1S/C9H12N4O2S/c1-14-6(3-10)2-8-12-9(13-15-8)7-4-16-5-11-7/h4-6H,2-3,10H2,1H3. The third-order valence-corrected chi connectivity index (χ3v) is 2.71. The van der Waals surface area contributed by atoms with Crippen LogP contribution >= 0.6 is 11.3 Å². The van der Waals surface area contributed by atoms with E-state index >= 15 is 0 Å². The van der Waals surface area contributed by atoms with Crippen molar-refractivity contribution in [2.75, 3.05) is 13.7 Å². The minimum absolute atomic E-state index is 0.0938. The van der Waals surface area contributed by atoms with E-state index in [0.29, 0.717) is 24.7 Å². The van der Waals surface area contributed by atoms with Crippen molar-refractivity contribution in [2.24, 2.45) is 5.73 Å². The highest BCUT2D eigenvalue weighted by molar-refractivity contribution is 7.07. The van der Waals surface area contributed by atoms with Gasteiger partial charge in [0.15, 0.2) is 0 Å². The summed E-state index contributed by atoms with van der Waals surface area (Å²) >= 11 is 1.49. The number of rotatable bonds is 5. The second-order valence-electron chi connectivity index (χ2n) is 3.18. The predicted octanol–water partition coefficient (Wildman–Crippen LogP) is 0.709. The van der Waals surface area contributed by atoms with Crippen LogP contribution < -0.4 is 5.73 Å². The molecule has 0 fully saturated rings. The Morgan fingerprint density at radius 3 is 3.12 bits per heavy atom. The monoisotopic (exact) mass is 240 g/mol. The molecule has 2 aromatic heterocycles. The molecule has 0 spiro atoms. The van der Waals surface area contributed by atoms with Crippen LogP contribution in [0.5, 0.6) is 0 Å². The Hall–Kier alpha value is -1.31. The summed E-state index contributed by atoms with van der Waals surface area (Å²) in [5.74, 6) is 1.02. The summed E-state index contributed by atoms with van der Waals surface area (Å²) in [6.07, 6.45) is 0.424. The molecule has 0 bridgehead atoms. The second-order valence-corrected chi connectivity index (χ2v) is 3.90. The van der Waals surface area contributed by atoms with E-state index in [2.05, 4.69) is 15.1 Å². The molecule has 0 amide bonds. The topological polar surface area (TPSA) is 87.1 Å². The third kappa shape index (κ3) is 2.43. The number of hydrogen-bond acceptors (Lipinski definition) is 7. The first-order chi connectivity index (χ1) is 7.83. The molecule has 86 valence electrons. The lowest BCUT2D eigenvalue weighted by Crippen LogP contribution is -2.24. The van der Waals surface area contributed by atoms with Crippen LogP contribution in [-0.4, -0.2) is 34.9 Å². The lowest BCUT2D eigenvalue weighted by Gasteiger charge is -2.08. The summed E-state index contributed by atoms with van der Waals surface area (Å²) < 4.78 is 10.2. The molecule has 0 aliphatic carbocycles. The predicted molar refractivity (Wildman–Crippen MR) is 59.0 cm³/mol. The van der Waals surface area contributed by atoms with Crippen LogP contribution in [0.3, 0.4) is 0 Å². The van der Waals surface area contributed by atoms with Gasteiger partial charge in [-0.25, -0.2) is 4.98 Å². The normalized spacial score (nSPS) is 12.9. The van der Waals surface area contributed by atoms with Gasteiger partial charge in [-0.2, -0.15) is 4.98 Å². The van der Waals surface area contributed by atoms with Gasteiger partial charge in [-0.3, -0.25) is 0 Å². The van der Waals surface area contributed by atoms with Crippen molar-refractivity contribution < 1.29 is 9.26 Å². The fourth-order valence-corrected chi connectivity index (χ4v) is 1.75. The van der Waals surface area contributed by atoms with Crippen LogP contribution in [0.1, 0.15) is 5.89 Å². The van der Waals surface area contributed by atoms with Crippen molar-refractivity contribution in [1.29, 1.82) is 0 Å². The van der Waals surface area contributed by atoms with E-state index in [9.17, 15) is 0 Å². The molecule has 0 saturated carbocycles. The highest BCUT2D eigenvalue weighted by atomic mass is 32.1. The number of thiazole rings is 1. The third-order valence-electron chi connectivity index (χ3n) is 2.13. The summed E-state index contributed by atoms with van der Waals surface area (Å²) in [6, 6.07) is 0. The van der Waals surface area contributed by atoms with Crippen LogP contribution in [0.25, 0.3) is 11.5 Å². The molecule has 2 rings (SSSR count). The SMILES string of the molecule is COC(CN)Cc1nc(-c2cscn2)no1. The van der Waals surface area contributed by atoms with E-state index in [-0.39, 0.29) is 6.10 Å². The maximum atomic E-state index is 5.51. The van der Waals surface area contributed by atoms with Gasteiger partial charge < -0.3 is 15.0 Å². The number of nitrogens with zero attached hydrogens (tertiary/aromatic N) is 3. The largest absolute Gasteiger partial charge is 0.380 e. The summed E-state index contributed by atoms with van der Waals surface area (Å²) in [7, 11) is 1.61. The van der Waals surface area contributed by atoms with Gasteiger partial charge in [-0.15, -0.1) is 11.3 Å². The Balaban J connectivity index is 2.08. The fourth-order valence-electron chi connectivity index (χ4n) is 1.22. The molecule has 16 heavy (non-hydrogen) atoms. The van der Waals surface area contributed by atoms with E-state index in [1.54, 1.807) is 12.6 Å². The molecule has 7 heteroatoms. The Bertz CT molecular complexity index is 424. The second kappa shape index (κ2) is 5.15. The lowest BCUT2D eigenvalue weighted by molar-refractivity contribution is 0.102. The van der Waals surface area contributed by atoms with E-state index in [1.165, 1.54) is 11.3 Å². The smallest absolute Gasteiger partial charge is 0.229 e. The molecule has 1 atom stereocenters. The molecule has 6 nitrogen and oxygen atoms in total. The summed E-state index contributed by atoms with van der Waals surface area (Å²) in [5.41, 5.74) is 7.96. The van der Waals surface area contributed by atoms with Crippen molar-refractivity contribution >= 4 is 11.3 Å². The van der Waals surface area contributed by atoms with E-state index in [4.69, 9.17) is 15.0 Å². The minimum atomic E-state index is -0.0938. The zero-order valence-corrected chi connectivity index (χ0v) is 9.61. The maximum absolute atomic E-state index is 5.51. The summed E-state index contributed by atoms with van der Waals surface area (Å²) in [4.78, 5) is 8.32. The van der Waals surface area contributed by atoms with Gasteiger partial charge >= 0.3 is 0 Å². The van der Waals surface area contributed by atoms with Crippen molar-refractivity contribution in [1.82, 2.24) is 15.1 Å². The maximum Gasteiger partial charge on any atom is 0.229 e. The van der Waals surface area contributed by atoms with Crippen molar-refractivity contribution in [3.63, 3.8) is 0 Å².